The molecule has 1 unspecified atom stereocenters. The molecule has 0 saturated carbocycles. The molecule has 0 aliphatic rings. The molecule has 1 atom stereocenters. The van der Waals surface area contributed by atoms with Crippen molar-refractivity contribution in [2.75, 3.05) is 20.1 Å². The second-order valence-corrected chi connectivity index (χ2v) is 8.70. The molecular formula is C21H25F2N3O4S. The molecule has 2 amide bonds. The quantitative estimate of drug-likeness (QED) is 0.642. The molecule has 31 heavy (non-hydrogen) atoms. The number of nitrogens with zero attached hydrogens (tertiary/aromatic N) is 1. The van der Waals surface area contributed by atoms with Crippen LogP contribution in [0.1, 0.15) is 41.4 Å². The van der Waals surface area contributed by atoms with Gasteiger partial charge in [0, 0.05) is 25.7 Å². The lowest BCUT2D eigenvalue weighted by molar-refractivity contribution is -0.122. The van der Waals surface area contributed by atoms with Crippen molar-refractivity contribution in [1.82, 2.24) is 14.9 Å². The Morgan fingerprint density at radius 1 is 1.03 bits per heavy atom. The van der Waals surface area contributed by atoms with Crippen molar-refractivity contribution in [2.24, 2.45) is 0 Å². The van der Waals surface area contributed by atoms with E-state index in [1.807, 2.05) is 0 Å². The van der Waals surface area contributed by atoms with Gasteiger partial charge in [-0.2, -0.15) is 4.31 Å². The van der Waals surface area contributed by atoms with Crippen molar-refractivity contribution in [3.63, 3.8) is 0 Å². The van der Waals surface area contributed by atoms with Crippen molar-refractivity contribution < 1.29 is 26.8 Å². The number of likely N-dealkylation sites (N-methyl/N-ethyl adjacent to an activating group) is 1. The van der Waals surface area contributed by atoms with Crippen molar-refractivity contribution >= 4 is 21.8 Å². The lowest BCUT2D eigenvalue weighted by atomic mass is 10.0. The van der Waals surface area contributed by atoms with Crippen molar-refractivity contribution in [3.8, 4) is 0 Å². The fraction of sp³-hybridized carbons (Fsp3) is 0.333. The number of sulfonamides is 1. The molecule has 2 rings (SSSR count). The monoisotopic (exact) mass is 453 g/mol. The molecule has 7 nitrogen and oxygen atoms in total. The second kappa shape index (κ2) is 9.97. The summed E-state index contributed by atoms with van der Waals surface area (Å²) < 4.78 is 53.8. The maximum absolute atomic E-state index is 13.7. The van der Waals surface area contributed by atoms with Crippen LogP contribution in [0, 0.1) is 18.6 Å². The number of hydrogen-bond donors (Lipinski definition) is 2. The molecule has 0 radical (unpaired) electrons. The predicted molar refractivity (Wildman–Crippen MR) is 112 cm³/mol. The van der Waals surface area contributed by atoms with Gasteiger partial charge < -0.3 is 10.6 Å². The summed E-state index contributed by atoms with van der Waals surface area (Å²) in [5.41, 5.74) is 0.567. The molecule has 2 N–H and O–H groups in total. The van der Waals surface area contributed by atoms with Crippen LogP contribution >= 0.6 is 0 Å². The minimum Gasteiger partial charge on any atom is -0.357 e. The first-order valence-corrected chi connectivity index (χ1v) is 11.1. The Bertz CT molecular complexity index is 1090. The van der Waals surface area contributed by atoms with Crippen LogP contribution in [0.4, 0.5) is 8.78 Å². The molecule has 2 aromatic carbocycles. The number of amides is 2. The first kappa shape index (κ1) is 24.4. The van der Waals surface area contributed by atoms with E-state index in [4.69, 9.17) is 0 Å². The van der Waals surface area contributed by atoms with E-state index >= 15 is 0 Å². The van der Waals surface area contributed by atoms with Crippen LogP contribution in [-0.4, -0.2) is 44.7 Å². The summed E-state index contributed by atoms with van der Waals surface area (Å²) in [7, 11) is -2.47. The molecule has 0 aliphatic carbocycles. The summed E-state index contributed by atoms with van der Waals surface area (Å²) in [4.78, 5) is 25.2. The van der Waals surface area contributed by atoms with Crippen LogP contribution in [-0.2, 0) is 14.8 Å². The molecule has 0 fully saturated rings. The van der Waals surface area contributed by atoms with Gasteiger partial charge in [0.25, 0.3) is 5.91 Å². The molecule has 0 bridgehead atoms. The third-order valence-electron chi connectivity index (χ3n) is 4.86. The van der Waals surface area contributed by atoms with E-state index in [-0.39, 0.29) is 29.1 Å². The van der Waals surface area contributed by atoms with E-state index in [2.05, 4.69) is 10.6 Å². The topological polar surface area (TPSA) is 95.6 Å². The van der Waals surface area contributed by atoms with Gasteiger partial charge in [-0.25, -0.2) is 17.2 Å². The number of aryl methyl sites for hydroxylation is 1. The highest BCUT2D eigenvalue weighted by Crippen LogP contribution is 2.22. The molecule has 10 heteroatoms. The minimum absolute atomic E-state index is 0.0381. The maximum atomic E-state index is 13.7. The van der Waals surface area contributed by atoms with Crippen molar-refractivity contribution in [3.05, 3.63) is 64.7 Å². The van der Waals surface area contributed by atoms with Gasteiger partial charge in [-0.15, -0.1) is 0 Å². The average Bonchev–Trinajstić information content (AvgIpc) is 2.74. The van der Waals surface area contributed by atoms with E-state index < -0.39 is 39.5 Å². The van der Waals surface area contributed by atoms with Gasteiger partial charge >= 0.3 is 0 Å². The van der Waals surface area contributed by atoms with Gasteiger partial charge in [-0.1, -0.05) is 26.0 Å². The zero-order chi connectivity index (χ0) is 23.3. The SMILES string of the molecule is CCN(CC)S(=O)(=O)c1ccc(C)c(C(=O)NC(C(=O)NC)c2ccc(F)c(F)c2)c1. The first-order valence-electron chi connectivity index (χ1n) is 9.65. The molecule has 2 aromatic rings. The number of carbonyl (C=O) groups excluding carboxylic acids is 2. The van der Waals surface area contributed by atoms with Gasteiger partial charge in [0.1, 0.15) is 6.04 Å². The third kappa shape index (κ3) is 5.26. The predicted octanol–water partition coefficient (Wildman–Crippen LogP) is 2.52. The molecule has 168 valence electrons. The zero-order valence-electron chi connectivity index (χ0n) is 17.7. The van der Waals surface area contributed by atoms with Crippen molar-refractivity contribution in [1.29, 1.82) is 0 Å². The third-order valence-corrected chi connectivity index (χ3v) is 6.90. The van der Waals surface area contributed by atoms with E-state index in [1.54, 1.807) is 20.8 Å². The minimum atomic E-state index is -3.80. The number of carbonyl (C=O) groups is 2. The summed E-state index contributed by atoms with van der Waals surface area (Å²) in [6.45, 7) is 5.57. The van der Waals surface area contributed by atoms with Gasteiger partial charge in [0.05, 0.1) is 4.90 Å². The number of benzene rings is 2. The standard InChI is InChI=1S/C21H25F2N3O4S/c1-5-26(6-2)31(29,30)15-9-7-13(3)16(12-15)20(27)25-19(21(28)24-4)14-8-10-17(22)18(23)11-14/h7-12,19H,5-6H2,1-4H3,(H,24,28)(H,25,27). The molecule has 0 spiro atoms. The highest BCUT2D eigenvalue weighted by Gasteiger charge is 2.27. The van der Waals surface area contributed by atoms with Gasteiger partial charge in [-0.05, 0) is 42.3 Å². The number of rotatable bonds is 8. The zero-order valence-corrected chi connectivity index (χ0v) is 18.5. The Hall–Kier alpha value is -2.85. The second-order valence-electron chi connectivity index (χ2n) is 6.76. The summed E-state index contributed by atoms with van der Waals surface area (Å²) in [6, 6.07) is 5.70. The summed E-state index contributed by atoms with van der Waals surface area (Å²) in [6.07, 6.45) is 0. The van der Waals surface area contributed by atoms with Crippen LogP contribution in [0.5, 0.6) is 0 Å². The van der Waals surface area contributed by atoms with Gasteiger partial charge in [0.15, 0.2) is 11.6 Å². The molecule has 0 aromatic heterocycles. The highest BCUT2D eigenvalue weighted by molar-refractivity contribution is 7.89. The summed E-state index contributed by atoms with van der Waals surface area (Å²) in [5, 5.41) is 4.84. The lowest BCUT2D eigenvalue weighted by Gasteiger charge is -2.21. The molecular weight excluding hydrogens is 428 g/mol. The summed E-state index contributed by atoms with van der Waals surface area (Å²) >= 11 is 0. The highest BCUT2D eigenvalue weighted by atomic mass is 32.2. The fourth-order valence-corrected chi connectivity index (χ4v) is 4.55. The number of hydrogen-bond acceptors (Lipinski definition) is 4. The molecule has 0 aliphatic heterocycles. The average molecular weight is 454 g/mol. The Kier molecular flexibility index (Phi) is 7.85. The lowest BCUT2D eigenvalue weighted by Crippen LogP contribution is -2.39. The largest absolute Gasteiger partial charge is 0.357 e. The van der Waals surface area contributed by atoms with E-state index in [9.17, 15) is 26.8 Å². The van der Waals surface area contributed by atoms with Crippen LogP contribution in [0.25, 0.3) is 0 Å². The van der Waals surface area contributed by atoms with Gasteiger partial charge in [-0.3, -0.25) is 9.59 Å². The fourth-order valence-electron chi connectivity index (χ4n) is 3.06. The van der Waals surface area contributed by atoms with Crippen LogP contribution in [0.3, 0.4) is 0 Å². The number of nitrogens with one attached hydrogen (secondary N) is 2. The smallest absolute Gasteiger partial charge is 0.252 e. The Morgan fingerprint density at radius 2 is 1.68 bits per heavy atom. The van der Waals surface area contributed by atoms with Crippen molar-refractivity contribution in [2.45, 2.75) is 31.7 Å². The van der Waals surface area contributed by atoms with E-state index in [0.717, 1.165) is 12.1 Å². The number of halogens is 2. The maximum Gasteiger partial charge on any atom is 0.252 e. The normalized spacial score (nSPS) is 12.5. The van der Waals surface area contributed by atoms with Crippen LogP contribution in [0.15, 0.2) is 41.3 Å². The first-order chi connectivity index (χ1) is 14.6. The van der Waals surface area contributed by atoms with E-state index in [0.29, 0.717) is 5.56 Å². The van der Waals surface area contributed by atoms with Gasteiger partial charge in [0.2, 0.25) is 15.9 Å². The Morgan fingerprint density at radius 3 is 2.23 bits per heavy atom. The van der Waals surface area contributed by atoms with E-state index in [1.165, 1.54) is 35.6 Å². The van der Waals surface area contributed by atoms with Crippen LogP contribution in [0.2, 0.25) is 0 Å². The Balaban J connectivity index is 2.44. The Labute approximate surface area is 180 Å². The molecule has 0 saturated heterocycles. The summed E-state index contributed by atoms with van der Waals surface area (Å²) in [5.74, 6) is -3.63. The van der Waals surface area contributed by atoms with Crippen LogP contribution < -0.4 is 10.6 Å². The molecule has 0 heterocycles.